The second kappa shape index (κ2) is 10.9. The van der Waals surface area contributed by atoms with E-state index in [2.05, 4.69) is 5.32 Å². The number of nitrogens with zero attached hydrogens (tertiary/aromatic N) is 1. The molecule has 1 N–H and O–H groups in total. The summed E-state index contributed by atoms with van der Waals surface area (Å²) in [6.07, 6.45) is 0. The van der Waals surface area contributed by atoms with Gasteiger partial charge in [-0.05, 0) is 30.3 Å². The van der Waals surface area contributed by atoms with Crippen molar-refractivity contribution in [1.29, 1.82) is 0 Å². The third kappa shape index (κ3) is 5.74. The van der Waals surface area contributed by atoms with Crippen LogP contribution in [0.25, 0.3) is 0 Å². The molecule has 0 fully saturated rings. The number of rotatable bonds is 10. The average molecular weight is 469 g/mol. The van der Waals surface area contributed by atoms with Gasteiger partial charge in [-0.3, -0.25) is 4.79 Å². The highest BCUT2D eigenvalue weighted by Gasteiger charge is 2.25. The maximum Gasteiger partial charge on any atom is 0.341 e. The number of hydrogen-bond donors (Lipinski definition) is 1. The fourth-order valence-corrected chi connectivity index (χ4v) is 4.33. The minimum absolute atomic E-state index is 0.212. The molecule has 2 aromatic rings. The number of anilines is 1. The van der Waals surface area contributed by atoms with Gasteiger partial charge in [0.15, 0.2) is 6.61 Å². The lowest BCUT2D eigenvalue weighted by atomic mass is 10.2. The van der Waals surface area contributed by atoms with Crippen molar-refractivity contribution in [1.82, 2.24) is 4.31 Å². The minimum Gasteiger partial charge on any atom is -0.497 e. The van der Waals surface area contributed by atoms with Gasteiger partial charge in [-0.25, -0.2) is 17.6 Å². The normalized spacial score (nSPS) is 11.2. The van der Waals surface area contributed by atoms with Crippen molar-refractivity contribution in [2.45, 2.75) is 18.7 Å². The molecular formula is C21H25FN2O7S. The van der Waals surface area contributed by atoms with Crippen LogP contribution in [0, 0.1) is 5.82 Å². The molecule has 0 saturated heterocycles. The number of esters is 1. The van der Waals surface area contributed by atoms with Crippen LogP contribution in [0.4, 0.5) is 10.1 Å². The van der Waals surface area contributed by atoms with Gasteiger partial charge >= 0.3 is 5.97 Å². The Balaban J connectivity index is 2.14. The Labute approximate surface area is 186 Å². The van der Waals surface area contributed by atoms with Gasteiger partial charge in [-0.15, -0.1) is 0 Å². The van der Waals surface area contributed by atoms with Gasteiger partial charge in [0.05, 0.1) is 30.4 Å². The second-order valence-corrected chi connectivity index (χ2v) is 8.36. The third-order valence-corrected chi connectivity index (χ3v) is 6.56. The molecule has 1 amide bonds. The Bertz CT molecular complexity index is 1090. The number of methoxy groups -OCH3 is 2. The zero-order valence-corrected chi connectivity index (χ0v) is 19.0. The molecule has 0 radical (unpaired) electrons. The van der Waals surface area contributed by atoms with Crippen LogP contribution in [-0.2, 0) is 19.6 Å². The average Bonchev–Trinajstić information content (AvgIpc) is 2.78. The third-order valence-electron chi connectivity index (χ3n) is 4.52. The summed E-state index contributed by atoms with van der Waals surface area (Å²) in [6, 6.07) is 7.57. The van der Waals surface area contributed by atoms with Gasteiger partial charge in [0.2, 0.25) is 10.0 Å². The van der Waals surface area contributed by atoms with Crippen LogP contribution in [0.3, 0.4) is 0 Å². The monoisotopic (exact) mass is 468 g/mol. The van der Waals surface area contributed by atoms with E-state index >= 15 is 0 Å². The van der Waals surface area contributed by atoms with Gasteiger partial charge in [-0.1, -0.05) is 13.8 Å². The van der Waals surface area contributed by atoms with Crippen LogP contribution >= 0.6 is 0 Å². The highest BCUT2D eigenvalue weighted by atomic mass is 32.2. The number of nitrogens with one attached hydrogen (secondary N) is 1. The standard InChI is InChI=1S/C21H25FN2O7S/c1-5-24(6-2)32(27,28)15-8-9-17(22)16(12-15)21(26)31-13-20(25)23-18-11-14(29-3)7-10-19(18)30-4/h7-12H,5-6,13H2,1-4H3,(H,23,25). The van der Waals surface area contributed by atoms with E-state index in [1.807, 2.05) is 0 Å². The molecule has 32 heavy (non-hydrogen) atoms. The van der Waals surface area contributed by atoms with E-state index in [0.717, 1.165) is 18.2 Å². The fraction of sp³-hybridized carbons (Fsp3) is 0.333. The summed E-state index contributed by atoms with van der Waals surface area (Å²) in [7, 11) is -1.03. The molecule has 0 unspecified atom stereocenters. The Morgan fingerprint density at radius 2 is 1.72 bits per heavy atom. The number of carbonyl (C=O) groups excluding carboxylic acids is 2. The molecule has 0 heterocycles. The minimum atomic E-state index is -3.91. The lowest BCUT2D eigenvalue weighted by Gasteiger charge is -2.18. The molecule has 2 rings (SSSR count). The van der Waals surface area contributed by atoms with Gasteiger partial charge in [0, 0.05) is 19.2 Å². The van der Waals surface area contributed by atoms with Crippen molar-refractivity contribution in [2.24, 2.45) is 0 Å². The molecule has 0 aliphatic rings. The first kappa shape index (κ1) is 25.1. The zero-order valence-electron chi connectivity index (χ0n) is 18.2. The SMILES string of the molecule is CCN(CC)S(=O)(=O)c1ccc(F)c(C(=O)OCC(=O)Nc2cc(OC)ccc2OC)c1. The van der Waals surface area contributed by atoms with E-state index < -0.39 is 39.9 Å². The Hall–Kier alpha value is -3.18. The highest BCUT2D eigenvalue weighted by Crippen LogP contribution is 2.28. The Kier molecular flexibility index (Phi) is 8.56. The molecule has 0 saturated carbocycles. The summed E-state index contributed by atoms with van der Waals surface area (Å²) in [4.78, 5) is 24.3. The Morgan fingerprint density at radius 3 is 2.31 bits per heavy atom. The van der Waals surface area contributed by atoms with Gasteiger partial charge < -0.3 is 19.5 Å². The predicted molar refractivity (Wildman–Crippen MR) is 115 cm³/mol. The Morgan fingerprint density at radius 1 is 1.03 bits per heavy atom. The smallest absolute Gasteiger partial charge is 0.341 e. The summed E-state index contributed by atoms with van der Waals surface area (Å²) in [6.45, 7) is 3.02. The van der Waals surface area contributed by atoms with Crippen LogP contribution in [0.5, 0.6) is 11.5 Å². The first-order valence-electron chi connectivity index (χ1n) is 9.66. The molecule has 0 bridgehead atoms. The van der Waals surface area contributed by atoms with Crippen LogP contribution in [-0.4, -0.2) is 58.5 Å². The van der Waals surface area contributed by atoms with Gasteiger partial charge in [-0.2, -0.15) is 4.31 Å². The van der Waals surface area contributed by atoms with Crippen LogP contribution in [0.2, 0.25) is 0 Å². The quantitative estimate of drug-likeness (QED) is 0.534. The van der Waals surface area contributed by atoms with Crippen LogP contribution < -0.4 is 14.8 Å². The summed E-state index contributed by atoms with van der Waals surface area (Å²) in [5.74, 6) is -2.04. The van der Waals surface area contributed by atoms with Crippen molar-refractivity contribution in [3.8, 4) is 11.5 Å². The van der Waals surface area contributed by atoms with E-state index in [-0.39, 0.29) is 23.7 Å². The zero-order chi connectivity index (χ0) is 23.9. The lowest BCUT2D eigenvalue weighted by Crippen LogP contribution is -2.30. The van der Waals surface area contributed by atoms with E-state index in [0.29, 0.717) is 11.5 Å². The van der Waals surface area contributed by atoms with E-state index in [9.17, 15) is 22.4 Å². The number of sulfonamides is 1. The summed E-state index contributed by atoms with van der Waals surface area (Å²) >= 11 is 0. The summed E-state index contributed by atoms with van der Waals surface area (Å²) in [5.41, 5.74) is -0.309. The first-order valence-corrected chi connectivity index (χ1v) is 11.1. The molecule has 0 aliphatic heterocycles. The van der Waals surface area contributed by atoms with Gasteiger partial charge in [0.25, 0.3) is 5.91 Å². The topological polar surface area (TPSA) is 111 Å². The number of carbonyl (C=O) groups is 2. The first-order chi connectivity index (χ1) is 15.2. The predicted octanol–water partition coefficient (Wildman–Crippen LogP) is 2.67. The van der Waals surface area contributed by atoms with Crippen molar-refractivity contribution in [3.63, 3.8) is 0 Å². The van der Waals surface area contributed by atoms with E-state index in [1.54, 1.807) is 26.0 Å². The number of ether oxygens (including phenoxy) is 3. The molecule has 2 aromatic carbocycles. The molecule has 9 nitrogen and oxygen atoms in total. The van der Waals surface area contributed by atoms with E-state index in [1.165, 1.54) is 24.6 Å². The molecule has 0 atom stereocenters. The number of halogens is 1. The summed E-state index contributed by atoms with van der Waals surface area (Å²) < 4.78 is 55.7. The molecule has 174 valence electrons. The fourth-order valence-electron chi connectivity index (χ4n) is 2.84. The maximum atomic E-state index is 14.2. The highest BCUT2D eigenvalue weighted by molar-refractivity contribution is 7.89. The molecule has 0 spiro atoms. The van der Waals surface area contributed by atoms with Crippen LogP contribution in [0.15, 0.2) is 41.3 Å². The van der Waals surface area contributed by atoms with E-state index in [4.69, 9.17) is 14.2 Å². The van der Waals surface area contributed by atoms with Crippen molar-refractivity contribution >= 4 is 27.6 Å². The van der Waals surface area contributed by atoms with Gasteiger partial charge in [0.1, 0.15) is 17.3 Å². The number of amides is 1. The second-order valence-electron chi connectivity index (χ2n) is 6.42. The molecule has 0 aromatic heterocycles. The number of benzene rings is 2. The molecule has 0 aliphatic carbocycles. The van der Waals surface area contributed by atoms with Crippen molar-refractivity contribution in [3.05, 3.63) is 47.8 Å². The lowest BCUT2D eigenvalue weighted by molar-refractivity contribution is -0.119. The van der Waals surface area contributed by atoms with Crippen LogP contribution in [0.1, 0.15) is 24.2 Å². The summed E-state index contributed by atoms with van der Waals surface area (Å²) in [5, 5.41) is 2.51. The van der Waals surface area contributed by atoms with Crippen molar-refractivity contribution in [2.75, 3.05) is 39.2 Å². The largest absolute Gasteiger partial charge is 0.497 e. The molecule has 11 heteroatoms. The van der Waals surface area contributed by atoms with Crippen molar-refractivity contribution < 1.29 is 36.6 Å². The molecular weight excluding hydrogens is 443 g/mol. The number of hydrogen-bond acceptors (Lipinski definition) is 7. The maximum absolute atomic E-state index is 14.2.